The molecule has 0 saturated heterocycles. The molecule has 0 aliphatic rings. The number of aliphatic hydroxyl groups excluding tert-OH is 2. The molecule has 0 saturated carbocycles. The molecule has 3 N–H and O–H groups in total. The zero-order valence-corrected chi connectivity index (χ0v) is 10.8. The highest BCUT2D eigenvalue weighted by molar-refractivity contribution is 5.94. The molecule has 1 amide bonds. The first-order valence-electron chi connectivity index (χ1n) is 5.72. The fourth-order valence-electron chi connectivity index (χ4n) is 1.63. The SMILES string of the molecule is CN(C)C(=O)c1cccc(C(O)C(O)CC(=O)O)c1. The van der Waals surface area contributed by atoms with E-state index in [9.17, 15) is 19.8 Å². The van der Waals surface area contributed by atoms with Crippen molar-refractivity contribution in [2.24, 2.45) is 0 Å². The van der Waals surface area contributed by atoms with E-state index in [2.05, 4.69) is 0 Å². The van der Waals surface area contributed by atoms with Gasteiger partial charge in [-0.05, 0) is 17.7 Å². The van der Waals surface area contributed by atoms with Crippen LogP contribution in [0.4, 0.5) is 0 Å². The van der Waals surface area contributed by atoms with E-state index in [4.69, 9.17) is 5.11 Å². The topological polar surface area (TPSA) is 98.1 Å². The number of carboxylic acids is 1. The first kappa shape index (κ1) is 15.1. The van der Waals surface area contributed by atoms with Crippen molar-refractivity contribution in [3.05, 3.63) is 35.4 Å². The lowest BCUT2D eigenvalue weighted by molar-refractivity contribution is -0.141. The van der Waals surface area contributed by atoms with Crippen LogP contribution in [0.1, 0.15) is 28.4 Å². The standard InChI is InChI=1S/C13H17NO5/c1-14(2)13(19)9-5-3-4-8(6-9)12(18)10(15)7-11(16)17/h3-6,10,12,15,18H,7H2,1-2H3,(H,16,17). The number of hydrogen-bond acceptors (Lipinski definition) is 4. The van der Waals surface area contributed by atoms with E-state index in [0.717, 1.165) is 0 Å². The van der Waals surface area contributed by atoms with Crippen molar-refractivity contribution >= 4 is 11.9 Å². The van der Waals surface area contributed by atoms with Gasteiger partial charge in [0, 0.05) is 19.7 Å². The van der Waals surface area contributed by atoms with E-state index in [1.165, 1.54) is 17.0 Å². The summed E-state index contributed by atoms with van der Waals surface area (Å²) in [5, 5.41) is 28.0. The Bertz CT molecular complexity index is 472. The third-order valence-electron chi connectivity index (χ3n) is 2.63. The lowest BCUT2D eigenvalue weighted by Crippen LogP contribution is -2.24. The molecular formula is C13H17NO5. The van der Waals surface area contributed by atoms with Crippen molar-refractivity contribution in [2.75, 3.05) is 14.1 Å². The predicted octanol–water partition coefficient (Wildman–Crippen LogP) is 0.257. The average Bonchev–Trinajstić information content (AvgIpc) is 2.36. The number of nitrogens with zero attached hydrogens (tertiary/aromatic N) is 1. The summed E-state index contributed by atoms with van der Waals surface area (Å²) in [6.45, 7) is 0. The van der Waals surface area contributed by atoms with Crippen molar-refractivity contribution < 1.29 is 24.9 Å². The van der Waals surface area contributed by atoms with E-state index in [-0.39, 0.29) is 5.91 Å². The lowest BCUT2D eigenvalue weighted by Gasteiger charge is -2.18. The van der Waals surface area contributed by atoms with Gasteiger partial charge >= 0.3 is 5.97 Å². The normalized spacial score (nSPS) is 13.7. The number of amides is 1. The molecule has 0 heterocycles. The minimum Gasteiger partial charge on any atom is -0.481 e. The maximum absolute atomic E-state index is 11.8. The Hall–Kier alpha value is -1.92. The van der Waals surface area contributed by atoms with Crippen LogP contribution in [0.2, 0.25) is 0 Å². The van der Waals surface area contributed by atoms with E-state index >= 15 is 0 Å². The second kappa shape index (κ2) is 6.31. The van der Waals surface area contributed by atoms with Crippen molar-refractivity contribution in [1.29, 1.82) is 0 Å². The quantitative estimate of drug-likeness (QED) is 0.710. The van der Waals surface area contributed by atoms with E-state index in [1.807, 2.05) is 0 Å². The Balaban J connectivity index is 2.92. The summed E-state index contributed by atoms with van der Waals surface area (Å²) in [5.41, 5.74) is 0.672. The van der Waals surface area contributed by atoms with Gasteiger partial charge in [-0.25, -0.2) is 0 Å². The van der Waals surface area contributed by atoms with Crippen LogP contribution in [0.5, 0.6) is 0 Å². The zero-order chi connectivity index (χ0) is 14.6. The van der Waals surface area contributed by atoms with Gasteiger partial charge in [0.1, 0.15) is 6.10 Å². The second-order valence-electron chi connectivity index (χ2n) is 4.44. The van der Waals surface area contributed by atoms with E-state index < -0.39 is 24.6 Å². The molecule has 2 atom stereocenters. The Labute approximate surface area is 110 Å². The smallest absolute Gasteiger partial charge is 0.306 e. The second-order valence-corrected chi connectivity index (χ2v) is 4.44. The lowest BCUT2D eigenvalue weighted by atomic mass is 10.00. The molecule has 0 bridgehead atoms. The molecule has 1 aromatic carbocycles. The average molecular weight is 267 g/mol. The summed E-state index contributed by atoms with van der Waals surface area (Å²) >= 11 is 0. The van der Waals surface area contributed by atoms with Gasteiger partial charge in [0.25, 0.3) is 5.91 Å². The molecule has 0 fully saturated rings. The molecule has 0 aliphatic carbocycles. The number of hydrogen-bond donors (Lipinski definition) is 3. The van der Waals surface area contributed by atoms with Crippen LogP contribution in [-0.4, -0.2) is 52.3 Å². The number of carboxylic acid groups (broad SMARTS) is 1. The summed E-state index contributed by atoms with van der Waals surface area (Å²) in [5.74, 6) is -1.44. The number of aliphatic hydroxyl groups is 2. The molecule has 6 nitrogen and oxygen atoms in total. The first-order valence-corrected chi connectivity index (χ1v) is 5.72. The highest BCUT2D eigenvalue weighted by atomic mass is 16.4. The van der Waals surface area contributed by atoms with Crippen LogP contribution in [0.15, 0.2) is 24.3 Å². The number of aliphatic carboxylic acids is 1. The number of carbonyl (C=O) groups excluding carboxylic acids is 1. The molecule has 104 valence electrons. The summed E-state index contributed by atoms with van der Waals surface area (Å²) in [7, 11) is 3.20. The molecule has 1 rings (SSSR count). The van der Waals surface area contributed by atoms with Crippen molar-refractivity contribution in [1.82, 2.24) is 4.90 Å². The maximum Gasteiger partial charge on any atom is 0.306 e. The van der Waals surface area contributed by atoms with Crippen LogP contribution in [0, 0.1) is 0 Å². The highest BCUT2D eigenvalue weighted by Crippen LogP contribution is 2.20. The van der Waals surface area contributed by atoms with E-state index in [1.54, 1.807) is 26.2 Å². The first-order chi connectivity index (χ1) is 8.82. The number of rotatable bonds is 5. The van der Waals surface area contributed by atoms with Gasteiger partial charge in [0.2, 0.25) is 0 Å². The summed E-state index contributed by atoms with van der Waals surface area (Å²) < 4.78 is 0. The van der Waals surface area contributed by atoms with Crippen molar-refractivity contribution in [2.45, 2.75) is 18.6 Å². The van der Waals surface area contributed by atoms with Gasteiger partial charge in [0.15, 0.2) is 0 Å². The summed E-state index contributed by atoms with van der Waals surface area (Å²) in [6.07, 6.45) is -3.32. The Morgan fingerprint density at radius 1 is 1.26 bits per heavy atom. The molecular weight excluding hydrogens is 250 g/mol. The molecule has 0 radical (unpaired) electrons. The van der Waals surface area contributed by atoms with Gasteiger partial charge < -0.3 is 20.2 Å². The zero-order valence-electron chi connectivity index (χ0n) is 10.8. The largest absolute Gasteiger partial charge is 0.481 e. The number of carbonyl (C=O) groups is 2. The van der Waals surface area contributed by atoms with Crippen LogP contribution in [0.3, 0.4) is 0 Å². The summed E-state index contributed by atoms with van der Waals surface area (Å²) in [6, 6.07) is 6.13. The van der Waals surface area contributed by atoms with E-state index in [0.29, 0.717) is 11.1 Å². The Kier molecular flexibility index (Phi) is 5.02. The molecule has 1 aromatic rings. The highest BCUT2D eigenvalue weighted by Gasteiger charge is 2.22. The van der Waals surface area contributed by atoms with Gasteiger partial charge in [-0.1, -0.05) is 12.1 Å². The maximum atomic E-state index is 11.8. The molecule has 19 heavy (non-hydrogen) atoms. The summed E-state index contributed by atoms with van der Waals surface area (Å²) in [4.78, 5) is 23.6. The van der Waals surface area contributed by atoms with Gasteiger partial charge in [-0.15, -0.1) is 0 Å². The third kappa shape index (κ3) is 4.04. The third-order valence-corrected chi connectivity index (χ3v) is 2.63. The van der Waals surface area contributed by atoms with Gasteiger partial charge in [-0.2, -0.15) is 0 Å². The van der Waals surface area contributed by atoms with Crippen LogP contribution >= 0.6 is 0 Å². The molecule has 6 heteroatoms. The minimum atomic E-state index is -1.41. The Morgan fingerprint density at radius 3 is 2.42 bits per heavy atom. The fourth-order valence-corrected chi connectivity index (χ4v) is 1.63. The molecule has 0 aliphatic heterocycles. The monoisotopic (exact) mass is 267 g/mol. The van der Waals surface area contributed by atoms with Gasteiger partial charge in [-0.3, -0.25) is 9.59 Å². The predicted molar refractivity (Wildman–Crippen MR) is 67.7 cm³/mol. The van der Waals surface area contributed by atoms with Crippen LogP contribution in [0.25, 0.3) is 0 Å². The van der Waals surface area contributed by atoms with Crippen molar-refractivity contribution in [3.8, 4) is 0 Å². The molecule has 0 spiro atoms. The van der Waals surface area contributed by atoms with Crippen molar-refractivity contribution in [3.63, 3.8) is 0 Å². The van der Waals surface area contributed by atoms with Crippen LogP contribution < -0.4 is 0 Å². The van der Waals surface area contributed by atoms with Gasteiger partial charge in [0.05, 0.1) is 12.5 Å². The molecule has 0 aromatic heterocycles. The Morgan fingerprint density at radius 2 is 1.89 bits per heavy atom. The molecule has 2 unspecified atom stereocenters. The fraction of sp³-hybridized carbons (Fsp3) is 0.385. The van der Waals surface area contributed by atoms with Crippen LogP contribution in [-0.2, 0) is 4.79 Å². The minimum absolute atomic E-state index is 0.234. The number of benzene rings is 1.